The van der Waals surface area contributed by atoms with Crippen molar-refractivity contribution in [2.24, 2.45) is 0 Å². The van der Waals surface area contributed by atoms with E-state index in [-0.39, 0.29) is 11.4 Å². The second kappa shape index (κ2) is 7.79. The van der Waals surface area contributed by atoms with Gasteiger partial charge in [-0.05, 0) is 18.2 Å². The summed E-state index contributed by atoms with van der Waals surface area (Å²) in [5, 5.41) is 0.528. The second-order valence-electron chi connectivity index (χ2n) is 4.78. The monoisotopic (exact) mass is 355 g/mol. The Bertz CT molecular complexity index is 764. The van der Waals surface area contributed by atoms with E-state index in [1.807, 2.05) is 6.07 Å². The van der Waals surface area contributed by atoms with Gasteiger partial charge in [0.05, 0.1) is 18.1 Å². The molecule has 0 heterocycles. The summed E-state index contributed by atoms with van der Waals surface area (Å²) in [7, 11) is -0.681. The van der Waals surface area contributed by atoms with E-state index in [1.165, 1.54) is 26.4 Å². The van der Waals surface area contributed by atoms with Crippen molar-refractivity contribution in [1.82, 2.24) is 4.72 Å². The standard InChI is InChI=1S/C16H18ClNO4S/c1-21-12-6-5-7-13(10-12)23(19,20)18-11-16(22-2)14-8-3-4-9-15(14)17/h3-10,16,18H,11H2,1-2H3. The quantitative estimate of drug-likeness (QED) is 0.829. The first-order valence-electron chi connectivity index (χ1n) is 6.89. The van der Waals surface area contributed by atoms with Crippen LogP contribution < -0.4 is 9.46 Å². The minimum absolute atomic E-state index is 0.0692. The van der Waals surface area contributed by atoms with Crippen molar-refractivity contribution in [3.05, 3.63) is 59.1 Å². The summed E-state index contributed by atoms with van der Waals surface area (Å²) in [4.78, 5) is 0.130. The van der Waals surface area contributed by atoms with Crippen LogP contribution in [0.1, 0.15) is 11.7 Å². The highest BCUT2D eigenvalue weighted by Gasteiger charge is 2.19. The summed E-state index contributed by atoms with van der Waals surface area (Å²) in [5.41, 5.74) is 0.727. The van der Waals surface area contributed by atoms with Crippen LogP contribution in [-0.4, -0.2) is 29.2 Å². The smallest absolute Gasteiger partial charge is 0.240 e. The Hall–Kier alpha value is -1.60. The molecule has 0 saturated carbocycles. The van der Waals surface area contributed by atoms with Crippen molar-refractivity contribution >= 4 is 21.6 Å². The third-order valence-corrected chi connectivity index (χ3v) is 5.11. The SMILES string of the molecule is COc1cccc(S(=O)(=O)NCC(OC)c2ccccc2Cl)c1. The fraction of sp³-hybridized carbons (Fsp3) is 0.250. The fourth-order valence-electron chi connectivity index (χ4n) is 2.09. The number of methoxy groups -OCH3 is 2. The van der Waals surface area contributed by atoms with Crippen LogP contribution in [0.2, 0.25) is 5.02 Å². The van der Waals surface area contributed by atoms with Gasteiger partial charge in [0, 0.05) is 30.3 Å². The minimum Gasteiger partial charge on any atom is -0.497 e. The highest BCUT2D eigenvalue weighted by Crippen LogP contribution is 2.25. The molecule has 0 radical (unpaired) electrons. The molecule has 0 aliphatic heterocycles. The van der Waals surface area contributed by atoms with Crippen LogP contribution >= 0.6 is 11.6 Å². The van der Waals surface area contributed by atoms with E-state index >= 15 is 0 Å². The van der Waals surface area contributed by atoms with E-state index in [2.05, 4.69) is 4.72 Å². The molecule has 23 heavy (non-hydrogen) atoms. The third kappa shape index (κ3) is 4.45. The summed E-state index contributed by atoms with van der Waals surface area (Å²) in [5.74, 6) is 0.474. The van der Waals surface area contributed by atoms with E-state index in [1.54, 1.807) is 30.3 Å². The van der Waals surface area contributed by atoms with Crippen LogP contribution in [0.4, 0.5) is 0 Å². The van der Waals surface area contributed by atoms with Gasteiger partial charge in [0.1, 0.15) is 5.75 Å². The van der Waals surface area contributed by atoms with Gasteiger partial charge in [0.2, 0.25) is 10.0 Å². The number of hydrogen-bond acceptors (Lipinski definition) is 4. The third-order valence-electron chi connectivity index (χ3n) is 3.35. The van der Waals surface area contributed by atoms with E-state index in [0.29, 0.717) is 10.8 Å². The fourth-order valence-corrected chi connectivity index (χ4v) is 3.42. The molecule has 2 aromatic carbocycles. The Labute approximate surface area is 141 Å². The van der Waals surface area contributed by atoms with Gasteiger partial charge in [-0.15, -0.1) is 0 Å². The first-order chi connectivity index (χ1) is 11.0. The molecule has 1 unspecified atom stereocenters. The summed E-state index contributed by atoms with van der Waals surface area (Å²) < 4.78 is 37.7. The molecule has 0 aromatic heterocycles. The van der Waals surface area contributed by atoms with E-state index in [9.17, 15) is 8.42 Å². The van der Waals surface area contributed by atoms with Gasteiger partial charge in [-0.1, -0.05) is 35.9 Å². The van der Waals surface area contributed by atoms with Crippen molar-refractivity contribution in [3.8, 4) is 5.75 Å². The number of sulfonamides is 1. The highest BCUT2D eigenvalue weighted by molar-refractivity contribution is 7.89. The first-order valence-corrected chi connectivity index (χ1v) is 8.75. The molecule has 5 nitrogen and oxygen atoms in total. The minimum atomic E-state index is -3.67. The van der Waals surface area contributed by atoms with Crippen LogP contribution in [0.25, 0.3) is 0 Å². The Morgan fingerprint density at radius 1 is 1.13 bits per heavy atom. The lowest BCUT2D eigenvalue weighted by Crippen LogP contribution is -2.29. The topological polar surface area (TPSA) is 64.6 Å². The predicted octanol–water partition coefficient (Wildman–Crippen LogP) is 3.01. The molecule has 2 aromatic rings. The molecule has 1 N–H and O–H groups in total. The Morgan fingerprint density at radius 2 is 1.87 bits per heavy atom. The molecule has 0 amide bonds. The van der Waals surface area contributed by atoms with Gasteiger partial charge >= 0.3 is 0 Å². The number of rotatable bonds is 7. The molecule has 0 fully saturated rings. The van der Waals surface area contributed by atoms with Crippen molar-refractivity contribution in [2.45, 2.75) is 11.0 Å². The maximum absolute atomic E-state index is 12.4. The largest absolute Gasteiger partial charge is 0.497 e. The molecule has 7 heteroatoms. The lowest BCUT2D eigenvalue weighted by molar-refractivity contribution is 0.107. The van der Waals surface area contributed by atoms with Gasteiger partial charge < -0.3 is 9.47 Å². The van der Waals surface area contributed by atoms with Crippen molar-refractivity contribution in [1.29, 1.82) is 0 Å². The molecule has 124 valence electrons. The van der Waals surface area contributed by atoms with Gasteiger partial charge in [0.25, 0.3) is 0 Å². The molecule has 0 aliphatic carbocycles. The maximum atomic E-state index is 12.4. The van der Waals surface area contributed by atoms with Gasteiger partial charge in [-0.25, -0.2) is 13.1 Å². The molecular formula is C16H18ClNO4S. The molecule has 0 spiro atoms. The number of nitrogens with one attached hydrogen (secondary N) is 1. The second-order valence-corrected chi connectivity index (χ2v) is 6.95. The molecule has 2 rings (SSSR count). The average Bonchev–Trinajstić information content (AvgIpc) is 2.57. The number of benzene rings is 2. The van der Waals surface area contributed by atoms with Crippen molar-refractivity contribution in [2.75, 3.05) is 20.8 Å². The maximum Gasteiger partial charge on any atom is 0.240 e. The predicted molar refractivity (Wildman–Crippen MR) is 89.4 cm³/mol. The summed E-state index contributed by atoms with van der Waals surface area (Å²) in [6.45, 7) is 0.0692. The molecular weight excluding hydrogens is 338 g/mol. The van der Waals surface area contributed by atoms with Crippen LogP contribution in [0, 0.1) is 0 Å². The normalized spacial score (nSPS) is 12.8. The number of ether oxygens (including phenoxy) is 2. The molecule has 0 aliphatic rings. The van der Waals surface area contributed by atoms with Crippen LogP contribution in [-0.2, 0) is 14.8 Å². The summed E-state index contributed by atoms with van der Waals surface area (Å²) in [6, 6.07) is 13.4. The van der Waals surface area contributed by atoms with E-state index < -0.39 is 16.1 Å². The average molecular weight is 356 g/mol. The lowest BCUT2D eigenvalue weighted by Gasteiger charge is -2.18. The lowest BCUT2D eigenvalue weighted by atomic mass is 10.1. The molecule has 0 bridgehead atoms. The zero-order chi connectivity index (χ0) is 16.9. The molecule has 0 saturated heterocycles. The molecule has 1 atom stereocenters. The van der Waals surface area contributed by atoms with Crippen LogP contribution in [0.15, 0.2) is 53.4 Å². The summed E-state index contributed by atoms with van der Waals surface area (Å²) >= 11 is 6.13. The van der Waals surface area contributed by atoms with Gasteiger partial charge in [-0.3, -0.25) is 0 Å². The van der Waals surface area contributed by atoms with Crippen molar-refractivity contribution in [3.63, 3.8) is 0 Å². The summed E-state index contributed by atoms with van der Waals surface area (Å²) in [6.07, 6.45) is -0.482. The first kappa shape index (κ1) is 17.7. The van der Waals surface area contributed by atoms with Gasteiger partial charge in [-0.2, -0.15) is 0 Å². The van der Waals surface area contributed by atoms with E-state index in [0.717, 1.165) is 5.56 Å². The van der Waals surface area contributed by atoms with Crippen LogP contribution in [0.3, 0.4) is 0 Å². The van der Waals surface area contributed by atoms with E-state index in [4.69, 9.17) is 21.1 Å². The zero-order valence-electron chi connectivity index (χ0n) is 12.8. The van der Waals surface area contributed by atoms with Gasteiger partial charge in [0.15, 0.2) is 0 Å². The highest BCUT2D eigenvalue weighted by atomic mass is 35.5. The Kier molecular flexibility index (Phi) is 6.01. The number of hydrogen-bond donors (Lipinski definition) is 1. The number of halogens is 1. The van der Waals surface area contributed by atoms with Crippen LogP contribution in [0.5, 0.6) is 5.75 Å². The zero-order valence-corrected chi connectivity index (χ0v) is 14.4. The Balaban J connectivity index is 2.15. The van der Waals surface area contributed by atoms with Crippen molar-refractivity contribution < 1.29 is 17.9 Å². The Morgan fingerprint density at radius 3 is 2.52 bits per heavy atom.